The van der Waals surface area contributed by atoms with Crippen LogP contribution in [0, 0.1) is 5.92 Å². The summed E-state index contributed by atoms with van der Waals surface area (Å²) in [6.45, 7) is 2.71. The molecule has 0 fully saturated rings. The highest BCUT2D eigenvalue weighted by atomic mass is 35.5. The van der Waals surface area contributed by atoms with Gasteiger partial charge in [0.1, 0.15) is 5.82 Å². The van der Waals surface area contributed by atoms with Crippen LogP contribution in [-0.2, 0) is 16.0 Å². The molecule has 2 amide bonds. The number of carbonyl (C=O) groups excluding carboxylic acids is 2. The van der Waals surface area contributed by atoms with Crippen molar-refractivity contribution in [1.82, 2.24) is 10.3 Å². The quantitative estimate of drug-likeness (QED) is 0.696. The van der Waals surface area contributed by atoms with Crippen molar-refractivity contribution < 1.29 is 9.59 Å². The van der Waals surface area contributed by atoms with Crippen LogP contribution < -0.4 is 10.6 Å². The molecular formula is C20H21Cl2N3O2. The lowest BCUT2D eigenvalue weighted by atomic mass is 9.91. The number of aromatic nitrogens is 1. The third kappa shape index (κ3) is 4.99. The van der Waals surface area contributed by atoms with Gasteiger partial charge in [-0.05, 0) is 48.2 Å². The van der Waals surface area contributed by atoms with Gasteiger partial charge in [0.2, 0.25) is 11.8 Å². The van der Waals surface area contributed by atoms with E-state index in [0.717, 1.165) is 29.5 Å². The maximum absolute atomic E-state index is 12.3. The maximum atomic E-state index is 12.3. The van der Waals surface area contributed by atoms with Crippen LogP contribution in [0.2, 0.25) is 10.0 Å². The monoisotopic (exact) mass is 405 g/mol. The van der Waals surface area contributed by atoms with E-state index in [2.05, 4.69) is 22.5 Å². The summed E-state index contributed by atoms with van der Waals surface area (Å²) in [7, 11) is 0. The van der Waals surface area contributed by atoms with Crippen LogP contribution in [0.1, 0.15) is 31.7 Å². The average Bonchev–Trinajstić information content (AvgIpc) is 2.61. The Labute approximate surface area is 168 Å². The molecule has 3 rings (SSSR count). The number of anilines is 1. The summed E-state index contributed by atoms with van der Waals surface area (Å²) in [6, 6.07) is 7.27. The molecule has 1 atom stereocenters. The third-order valence-corrected chi connectivity index (χ3v) is 4.96. The van der Waals surface area contributed by atoms with Crippen molar-refractivity contribution in [3.05, 3.63) is 46.1 Å². The van der Waals surface area contributed by atoms with Crippen molar-refractivity contribution in [3.63, 3.8) is 0 Å². The van der Waals surface area contributed by atoms with Crippen LogP contribution in [0.5, 0.6) is 0 Å². The van der Waals surface area contributed by atoms with E-state index >= 15 is 0 Å². The first-order valence-corrected chi connectivity index (χ1v) is 9.74. The van der Waals surface area contributed by atoms with Gasteiger partial charge in [0.15, 0.2) is 0 Å². The molecule has 27 heavy (non-hydrogen) atoms. The molecule has 2 aromatic rings. The average molecular weight is 406 g/mol. The zero-order chi connectivity index (χ0) is 19.4. The van der Waals surface area contributed by atoms with Gasteiger partial charge in [-0.2, -0.15) is 0 Å². The van der Waals surface area contributed by atoms with Crippen LogP contribution in [0.15, 0.2) is 30.5 Å². The minimum atomic E-state index is -0.404. The minimum Gasteiger partial charge on any atom is -0.356 e. The molecule has 142 valence electrons. The SMILES string of the molecule is CCCCNC(=O)CC1Cc2cc(-c3cc(Cl)cc(Cl)c3)cnc2NC1=O. The van der Waals surface area contributed by atoms with Crippen LogP contribution >= 0.6 is 23.2 Å². The second-order valence-corrected chi connectivity index (χ2v) is 7.56. The molecule has 1 aliphatic rings. The number of halogens is 2. The molecule has 0 saturated heterocycles. The van der Waals surface area contributed by atoms with Gasteiger partial charge < -0.3 is 10.6 Å². The molecule has 2 N–H and O–H groups in total. The highest BCUT2D eigenvalue weighted by molar-refractivity contribution is 6.35. The number of benzene rings is 1. The predicted molar refractivity (Wildman–Crippen MR) is 108 cm³/mol. The van der Waals surface area contributed by atoms with Crippen LogP contribution in [-0.4, -0.2) is 23.3 Å². The lowest BCUT2D eigenvalue weighted by Crippen LogP contribution is -2.35. The van der Waals surface area contributed by atoms with Crippen molar-refractivity contribution >= 4 is 40.8 Å². The lowest BCUT2D eigenvalue weighted by molar-refractivity contribution is -0.127. The predicted octanol–water partition coefficient (Wildman–Crippen LogP) is 4.47. The standard InChI is InChI=1S/C20H21Cl2N3O2/c1-2-3-4-23-18(26)9-14-5-13-6-15(11-24-19(13)25-20(14)27)12-7-16(21)10-17(22)8-12/h6-8,10-11,14H,2-5,9H2,1H3,(H,23,26)(H,24,25,27). The molecule has 1 unspecified atom stereocenters. The molecule has 1 aromatic heterocycles. The van der Waals surface area contributed by atoms with Crippen molar-refractivity contribution in [2.24, 2.45) is 5.92 Å². The summed E-state index contributed by atoms with van der Waals surface area (Å²) >= 11 is 12.2. The summed E-state index contributed by atoms with van der Waals surface area (Å²) in [5.74, 6) is -0.129. The van der Waals surface area contributed by atoms with Gasteiger partial charge in [0.05, 0.1) is 5.92 Å². The highest BCUT2D eigenvalue weighted by Gasteiger charge is 2.29. The zero-order valence-electron chi connectivity index (χ0n) is 15.0. The summed E-state index contributed by atoms with van der Waals surface area (Å²) in [5, 5.41) is 6.76. The van der Waals surface area contributed by atoms with E-state index < -0.39 is 5.92 Å². The lowest BCUT2D eigenvalue weighted by Gasteiger charge is -2.24. The Morgan fingerprint density at radius 1 is 1.22 bits per heavy atom. The van der Waals surface area contributed by atoms with Gasteiger partial charge in [0.25, 0.3) is 0 Å². The number of fused-ring (bicyclic) bond motifs is 1. The molecule has 1 aliphatic heterocycles. The number of nitrogens with one attached hydrogen (secondary N) is 2. The van der Waals surface area contributed by atoms with E-state index in [1.807, 2.05) is 18.2 Å². The van der Waals surface area contributed by atoms with Crippen LogP contribution in [0.25, 0.3) is 11.1 Å². The van der Waals surface area contributed by atoms with Gasteiger partial charge in [-0.3, -0.25) is 9.59 Å². The first-order chi connectivity index (χ1) is 13.0. The zero-order valence-corrected chi connectivity index (χ0v) is 16.5. The Bertz CT molecular complexity index is 850. The maximum Gasteiger partial charge on any atom is 0.229 e. The number of amides is 2. The topological polar surface area (TPSA) is 71.1 Å². The Morgan fingerprint density at radius 2 is 1.96 bits per heavy atom. The van der Waals surface area contributed by atoms with E-state index in [4.69, 9.17) is 23.2 Å². The normalized spacial score (nSPS) is 15.8. The number of hydrogen-bond acceptors (Lipinski definition) is 3. The third-order valence-electron chi connectivity index (χ3n) is 4.53. The van der Waals surface area contributed by atoms with Crippen molar-refractivity contribution in [2.45, 2.75) is 32.6 Å². The molecule has 7 heteroatoms. The second kappa shape index (κ2) is 8.72. The number of nitrogens with zero attached hydrogens (tertiary/aromatic N) is 1. The molecule has 0 saturated carbocycles. The van der Waals surface area contributed by atoms with Gasteiger partial charge in [0, 0.05) is 34.8 Å². The van der Waals surface area contributed by atoms with Crippen LogP contribution in [0.4, 0.5) is 5.82 Å². The molecule has 1 aromatic carbocycles. The first kappa shape index (κ1) is 19.6. The van der Waals surface area contributed by atoms with E-state index in [0.29, 0.717) is 28.8 Å². The van der Waals surface area contributed by atoms with Gasteiger partial charge in [-0.1, -0.05) is 36.5 Å². The first-order valence-electron chi connectivity index (χ1n) is 8.99. The number of carbonyl (C=O) groups is 2. The molecule has 0 bridgehead atoms. The number of rotatable bonds is 6. The number of pyridine rings is 1. The minimum absolute atomic E-state index is 0.0993. The molecule has 5 nitrogen and oxygen atoms in total. The van der Waals surface area contributed by atoms with E-state index in [-0.39, 0.29) is 18.2 Å². The summed E-state index contributed by atoms with van der Waals surface area (Å²) in [5.41, 5.74) is 2.61. The largest absolute Gasteiger partial charge is 0.356 e. The molecule has 2 heterocycles. The summed E-state index contributed by atoms with van der Waals surface area (Å²) in [4.78, 5) is 28.7. The van der Waals surface area contributed by atoms with E-state index in [1.54, 1.807) is 12.3 Å². The van der Waals surface area contributed by atoms with Crippen LogP contribution in [0.3, 0.4) is 0 Å². The highest BCUT2D eigenvalue weighted by Crippen LogP contribution is 2.32. The van der Waals surface area contributed by atoms with Crippen molar-refractivity contribution in [2.75, 3.05) is 11.9 Å². The number of unbranched alkanes of at least 4 members (excludes halogenated alkanes) is 1. The Hall–Kier alpha value is -2.11. The Morgan fingerprint density at radius 3 is 2.67 bits per heavy atom. The van der Waals surface area contributed by atoms with Crippen molar-refractivity contribution in [1.29, 1.82) is 0 Å². The van der Waals surface area contributed by atoms with Crippen molar-refractivity contribution in [3.8, 4) is 11.1 Å². The number of hydrogen-bond donors (Lipinski definition) is 2. The molecular weight excluding hydrogens is 385 g/mol. The summed E-state index contributed by atoms with van der Waals surface area (Å²) < 4.78 is 0. The fourth-order valence-electron chi connectivity index (χ4n) is 3.10. The van der Waals surface area contributed by atoms with E-state index in [1.165, 1.54) is 0 Å². The Kier molecular flexibility index (Phi) is 6.34. The van der Waals surface area contributed by atoms with Gasteiger partial charge >= 0.3 is 0 Å². The molecule has 0 spiro atoms. The smallest absolute Gasteiger partial charge is 0.229 e. The van der Waals surface area contributed by atoms with Gasteiger partial charge in [-0.25, -0.2) is 4.98 Å². The fourth-order valence-corrected chi connectivity index (χ4v) is 3.63. The summed E-state index contributed by atoms with van der Waals surface area (Å²) in [6.07, 6.45) is 4.26. The molecule has 0 aliphatic carbocycles. The van der Waals surface area contributed by atoms with E-state index in [9.17, 15) is 9.59 Å². The Balaban J connectivity index is 1.77. The fraction of sp³-hybridized carbons (Fsp3) is 0.350. The van der Waals surface area contributed by atoms with Gasteiger partial charge in [-0.15, -0.1) is 0 Å². The second-order valence-electron chi connectivity index (χ2n) is 6.69. The molecule has 0 radical (unpaired) electrons.